The van der Waals surface area contributed by atoms with E-state index in [4.69, 9.17) is 15.1 Å². The molecule has 9 nitrogen and oxygen atoms in total. The number of nitrogens with one attached hydrogen (secondary N) is 1. The summed E-state index contributed by atoms with van der Waals surface area (Å²) in [7, 11) is -3.85. The number of amides is 1. The van der Waals surface area contributed by atoms with Gasteiger partial charge in [0.1, 0.15) is 5.75 Å². The van der Waals surface area contributed by atoms with E-state index in [1.54, 1.807) is 12.3 Å². The summed E-state index contributed by atoms with van der Waals surface area (Å²) < 4.78 is 29.3. The number of carbonyl (C=O) groups excluding carboxylic acids is 1. The molecule has 10 heteroatoms. The van der Waals surface area contributed by atoms with Crippen molar-refractivity contribution in [3.05, 3.63) is 65.1 Å². The smallest absolute Gasteiger partial charge is 0.264 e. The van der Waals surface area contributed by atoms with Gasteiger partial charge in [0.2, 0.25) is 0 Å². The molecule has 0 saturated heterocycles. The molecule has 0 aliphatic heterocycles. The van der Waals surface area contributed by atoms with Crippen LogP contribution in [0.1, 0.15) is 19.8 Å². The average Bonchev–Trinajstić information content (AvgIpc) is 2.81. The van der Waals surface area contributed by atoms with Crippen LogP contribution in [0.5, 0.6) is 5.75 Å². The van der Waals surface area contributed by atoms with Crippen LogP contribution in [0.3, 0.4) is 0 Å². The van der Waals surface area contributed by atoms with Crippen molar-refractivity contribution >= 4 is 26.5 Å². The summed E-state index contributed by atoms with van der Waals surface area (Å²) in [5.74, 6) is -0.329. The molecule has 0 fully saturated rings. The highest BCUT2D eigenvalue weighted by Gasteiger charge is 2.43. The van der Waals surface area contributed by atoms with Crippen LogP contribution in [-0.2, 0) is 21.2 Å². The molecule has 2 aromatic carbocycles. The lowest BCUT2D eigenvalue weighted by Gasteiger charge is -2.25. The molecule has 1 heterocycles. The Hall–Kier alpha value is -3.21. The number of pyridine rings is 1. The minimum Gasteiger partial charge on any atom is -0.493 e. The van der Waals surface area contributed by atoms with Crippen LogP contribution < -0.4 is 15.8 Å². The van der Waals surface area contributed by atoms with Gasteiger partial charge in [0.05, 0.1) is 6.61 Å². The van der Waals surface area contributed by atoms with E-state index in [2.05, 4.69) is 0 Å². The Morgan fingerprint density at radius 3 is 2.41 bits per heavy atom. The van der Waals surface area contributed by atoms with Crippen molar-refractivity contribution in [2.75, 3.05) is 19.5 Å². The summed E-state index contributed by atoms with van der Waals surface area (Å²) in [5, 5.41) is 19.7. The maximum absolute atomic E-state index is 12.7. The molecule has 3 aromatic rings. The van der Waals surface area contributed by atoms with E-state index in [1.165, 1.54) is 23.0 Å². The Balaban J connectivity index is 1.81. The fraction of sp³-hybridized carbons (Fsp3) is 0.333. The molecular weight excluding hydrogens is 460 g/mol. The van der Waals surface area contributed by atoms with Gasteiger partial charge in [-0.05, 0) is 59.5 Å². The Labute approximate surface area is 197 Å². The third kappa shape index (κ3) is 5.46. The molecule has 1 aromatic heterocycles. The summed E-state index contributed by atoms with van der Waals surface area (Å²) in [5.41, 5.74) is 2.60. The molecule has 0 aliphatic carbocycles. The van der Waals surface area contributed by atoms with Gasteiger partial charge in [-0.15, -0.1) is 0 Å². The number of aliphatic hydroxyl groups excluding tert-OH is 1. The highest BCUT2D eigenvalue weighted by atomic mass is 32.2. The van der Waals surface area contributed by atoms with E-state index in [-0.39, 0.29) is 25.1 Å². The summed E-state index contributed by atoms with van der Waals surface area (Å²) >= 11 is 0. The summed E-state index contributed by atoms with van der Waals surface area (Å²) in [6, 6.07) is 14.7. The van der Waals surface area contributed by atoms with Gasteiger partial charge in [-0.1, -0.05) is 18.2 Å². The Morgan fingerprint density at radius 1 is 1.09 bits per heavy atom. The molecule has 1 atom stereocenters. The standard InChI is InChI=1S/C24H28N2O7S/c1-24(23(29)25-30,34(2,31)32)9-11-26-10-8-20(16-22(26)28)17-4-5-19-15-21(33-13-3-12-27)7-6-18(19)14-17/h4-8,10,14-16,27,30H,3,9,11-13H2,1-2H3,(H,25,29). The van der Waals surface area contributed by atoms with Crippen LogP contribution in [0.2, 0.25) is 0 Å². The number of sulfone groups is 1. The molecule has 0 radical (unpaired) electrons. The molecule has 0 spiro atoms. The number of hydrogen-bond acceptors (Lipinski definition) is 7. The van der Waals surface area contributed by atoms with Crippen molar-refractivity contribution in [3.8, 4) is 16.9 Å². The van der Waals surface area contributed by atoms with E-state index in [9.17, 15) is 18.0 Å². The number of hydroxylamine groups is 1. The minimum absolute atomic E-state index is 0.0210. The summed E-state index contributed by atoms with van der Waals surface area (Å²) in [6.45, 7) is 1.70. The Bertz CT molecular complexity index is 1350. The van der Waals surface area contributed by atoms with Crippen molar-refractivity contribution in [2.45, 2.75) is 31.1 Å². The van der Waals surface area contributed by atoms with Crippen LogP contribution in [-0.4, -0.2) is 53.4 Å². The number of ether oxygens (including phenoxy) is 1. The first-order valence-electron chi connectivity index (χ1n) is 10.7. The van der Waals surface area contributed by atoms with Gasteiger partial charge in [-0.25, -0.2) is 13.9 Å². The molecule has 1 amide bonds. The first-order chi connectivity index (χ1) is 16.1. The van der Waals surface area contributed by atoms with Crippen molar-refractivity contribution < 1.29 is 28.3 Å². The first kappa shape index (κ1) is 25.4. The second kappa shape index (κ2) is 10.4. The van der Waals surface area contributed by atoms with Crippen molar-refractivity contribution in [1.29, 1.82) is 0 Å². The van der Waals surface area contributed by atoms with Gasteiger partial charge >= 0.3 is 0 Å². The van der Waals surface area contributed by atoms with Gasteiger partial charge in [-0.2, -0.15) is 0 Å². The van der Waals surface area contributed by atoms with Crippen LogP contribution in [0.4, 0.5) is 0 Å². The number of aryl methyl sites for hydroxylation is 1. The number of carbonyl (C=O) groups is 1. The average molecular weight is 489 g/mol. The van der Waals surface area contributed by atoms with Crippen LogP contribution >= 0.6 is 0 Å². The zero-order valence-electron chi connectivity index (χ0n) is 19.0. The molecule has 34 heavy (non-hydrogen) atoms. The zero-order valence-corrected chi connectivity index (χ0v) is 19.8. The second-order valence-corrected chi connectivity index (χ2v) is 10.7. The molecule has 1 unspecified atom stereocenters. The molecule has 3 N–H and O–H groups in total. The van der Waals surface area contributed by atoms with Gasteiger partial charge in [0.25, 0.3) is 11.5 Å². The van der Waals surface area contributed by atoms with Gasteiger partial charge < -0.3 is 14.4 Å². The number of aliphatic hydroxyl groups is 1. The zero-order chi connectivity index (χ0) is 24.9. The third-order valence-corrected chi connectivity index (χ3v) is 7.97. The highest BCUT2D eigenvalue weighted by Crippen LogP contribution is 2.27. The molecule has 0 aliphatic rings. The van der Waals surface area contributed by atoms with E-state index in [0.29, 0.717) is 24.3 Å². The fourth-order valence-corrected chi connectivity index (χ4v) is 4.38. The summed E-state index contributed by atoms with van der Waals surface area (Å²) in [4.78, 5) is 24.7. The lowest BCUT2D eigenvalue weighted by Crippen LogP contribution is -2.49. The van der Waals surface area contributed by atoms with E-state index < -0.39 is 20.5 Å². The van der Waals surface area contributed by atoms with Gasteiger partial charge in [0, 0.05) is 38.1 Å². The topological polar surface area (TPSA) is 135 Å². The first-order valence-corrected chi connectivity index (χ1v) is 12.6. The second-order valence-electron chi connectivity index (χ2n) is 8.29. The fourth-order valence-electron chi connectivity index (χ4n) is 3.54. The molecule has 182 valence electrons. The van der Waals surface area contributed by atoms with Gasteiger partial charge in [0.15, 0.2) is 14.6 Å². The molecule has 0 bridgehead atoms. The number of aromatic nitrogens is 1. The molecule has 3 rings (SSSR count). The molecule has 0 saturated carbocycles. The number of benzene rings is 2. The predicted octanol–water partition coefficient (Wildman–Crippen LogP) is 2.13. The maximum atomic E-state index is 12.7. The highest BCUT2D eigenvalue weighted by molar-refractivity contribution is 7.92. The number of fused-ring (bicyclic) bond motifs is 1. The predicted molar refractivity (Wildman–Crippen MR) is 129 cm³/mol. The lowest BCUT2D eigenvalue weighted by molar-refractivity contribution is -0.131. The van der Waals surface area contributed by atoms with Crippen molar-refractivity contribution in [2.24, 2.45) is 0 Å². The van der Waals surface area contributed by atoms with Crippen LogP contribution in [0.15, 0.2) is 59.5 Å². The van der Waals surface area contributed by atoms with Crippen molar-refractivity contribution in [3.63, 3.8) is 0 Å². The van der Waals surface area contributed by atoms with Crippen LogP contribution in [0, 0.1) is 0 Å². The Morgan fingerprint density at radius 2 is 1.76 bits per heavy atom. The third-order valence-electron chi connectivity index (χ3n) is 5.94. The Kier molecular flexibility index (Phi) is 7.75. The van der Waals surface area contributed by atoms with Gasteiger partial charge in [-0.3, -0.25) is 14.8 Å². The number of hydrogen-bond donors (Lipinski definition) is 3. The number of rotatable bonds is 10. The molecular formula is C24H28N2O7S. The normalized spacial score (nSPS) is 13.4. The summed E-state index contributed by atoms with van der Waals surface area (Å²) in [6.07, 6.45) is 2.85. The van der Waals surface area contributed by atoms with E-state index >= 15 is 0 Å². The largest absolute Gasteiger partial charge is 0.493 e. The monoisotopic (exact) mass is 488 g/mol. The number of nitrogens with zero attached hydrogens (tertiary/aromatic N) is 1. The quantitative estimate of drug-likeness (QED) is 0.226. The minimum atomic E-state index is -3.85. The van der Waals surface area contributed by atoms with Crippen molar-refractivity contribution in [1.82, 2.24) is 10.0 Å². The van der Waals surface area contributed by atoms with E-state index in [1.807, 2.05) is 36.4 Å². The van der Waals surface area contributed by atoms with E-state index in [0.717, 1.165) is 22.6 Å². The van der Waals surface area contributed by atoms with Crippen LogP contribution in [0.25, 0.3) is 21.9 Å². The lowest BCUT2D eigenvalue weighted by atomic mass is 10.0. The maximum Gasteiger partial charge on any atom is 0.264 e. The SMILES string of the molecule is CC(CCn1ccc(-c2ccc3cc(OCCCO)ccc3c2)cc1=O)(C(=O)NO)S(C)(=O)=O.